The van der Waals surface area contributed by atoms with Crippen LogP contribution in [0.1, 0.15) is 32.1 Å². The molecule has 1 fully saturated rings. The van der Waals surface area contributed by atoms with E-state index in [1.165, 1.54) is 0 Å². The van der Waals surface area contributed by atoms with Crippen molar-refractivity contribution in [1.29, 1.82) is 0 Å². The molecule has 3 atom stereocenters. The molecule has 0 saturated heterocycles. The minimum atomic E-state index is -0.895. The summed E-state index contributed by atoms with van der Waals surface area (Å²) in [5.74, 6) is -0.889. The Labute approximate surface area is 101 Å². The maximum Gasteiger partial charge on any atom is 0.237 e. The first-order chi connectivity index (χ1) is 8.00. The number of amides is 2. The van der Waals surface area contributed by atoms with Crippen LogP contribution >= 0.6 is 0 Å². The third kappa shape index (κ3) is 4.70. The number of carbonyl (C=O) groups is 2. The molecule has 6 N–H and O–H groups in total. The van der Waals surface area contributed by atoms with Crippen LogP contribution in [0.5, 0.6) is 0 Å². The Morgan fingerprint density at radius 1 is 1.35 bits per heavy atom. The van der Waals surface area contributed by atoms with Crippen LogP contribution in [0.25, 0.3) is 0 Å². The summed E-state index contributed by atoms with van der Waals surface area (Å²) in [6.07, 6.45) is 3.30. The van der Waals surface area contributed by atoms with Gasteiger partial charge in [0.05, 0.1) is 18.6 Å². The van der Waals surface area contributed by atoms with Crippen LogP contribution in [-0.2, 0) is 9.59 Å². The maximum atomic E-state index is 11.5. The number of primary amides is 1. The van der Waals surface area contributed by atoms with Gasteiger partial charge in [-0.2, -0.15) is 0 Å². The highest BCUT2D eigenvalue weighted by atomic mass is 16.3. The van der Waals surface area contributed by atoms with E-state index in [-0.39, 0.29) is 24.3 Å². The highest BCUT2D eigenvalue weighted by molar-refractivity contribution is 5.87. The molecule has 0 radical (unpaired) electrons. The number of hydrogen-bond acceptors (Lipinski definition) is 4. The summed E-state index contributed by atoms with van der Waals surface area (Å²) in [4.78, 5) is 22.1. The molecule has 0 bridgehead atoms. The summed E-state index contributed by atoms with van der Waals surface area (Å²) in [5.41, 5.74) is 10.4. The van der Waals surface area contributed by atoms with E-state index in [0.29, 0.717) is 6.54 Å². The molecule has 2 amide bonds. The molecule has 17 heavy (non-hydrogen) atoms. The lowest BCUT2D eigenvalue weighted by molar-refractivity contribution is -0.126. The Morgan fingerprint density at radius 3 is 2.59 bits per heavy atom. The SMILES string of the molecule is NC(=O)CC(N)C(=O)NCC1CCCCC1O. The van der Waals surface area contributed by atoms with E-state index in [1.54, 1.807) is 0 Å². The largest absolute Gasteiger partial charge is 0.393 e. The van der Waals surface area contributed by atoms with E-state index in [0.717, 1.165) is 25.7 Å². The summed E-state index contributed by atoms with van der Waals surface area (Å²) < 4.78 is 0. The van der Waals surface area contributed by atoms with E-state index >= 15 is 0 Å². The first kappa shape index (κ1) is 13.9. The second kappa shape index (κ2) is 6.56. The average Bonchev–Trinajstić information content (AvgIpc) is 2.26. The minimum absolute atomic E-state index is 0.0912. The number of rotatable bonds is 5. The Morgan fingerprint density at radius 2 is 2.00 bits per heavy atom. The van der Waals surface area contributed by atoms with Crippen molar-refractivity contribution in [3.63, 3.8) is 0 Å². The molecule has 98 valence electrons. The summed E-state index contributed by atoms with van der Waals surface area (Å²) in [6, 6.07) is -0.895. The minimum Gasteiger partial charge on any atom is -0.393 e. The molecule has 1 aliphatic carbocycles. The topological polar surface area (TPSA) is 118 Å². The number of hydrogen-bond donors (Lipinski definition) is 4. The molecule has 1 saturated carbocycles. The van der Waals surface area contributed by atoms with Gasteiger partial charge in [-0.25, -0.2) is 0 Å². The molecule has 0 aromatic rings. The molecule has 1 rings (SSSR count). The third-order valence-corrected chi connectivity index (χ3v) is 3.17. The van der Waals surface area contributed by atoms with Crippen molar-refractivity contribution in [2.24, 2.45) is 17.4 Å². The van der Waals surface area contributed by atoms with Crippen LogP contribution < -0.4 is 16.8 Å². The van der Waals surface area contributed by atoms with Gasteiger partial charge in [-0.05, 0) is 12.8 Å². The Kier molecular flexibility index (Phi) is 5.37. The van der Waals surface area contributed by atoms with Crippen molar-refractivity contribution in [2.45, 2.75) is 44.2 Å². The van der Waals surface area contributed by atoms with E-state index in [9.17, 15) is 14.7 Å². The highest BCUT2D eigenvalue weighted by Gasteiger charge is 2.24. The van der Waals surface area contributed by atoms with Gasteiger partial charge < -0.3 is 21.9 Å². The van der Waals surface area contributed by atoms with Gasteiger partial charge in [0.25, 0.3) is 0 Å². The van der Waals surface area contributed by atoms with E-state index in [2.05, 4.69) is 5.32 Å². The van der Waals surface area contributed by atoms with Crippen LogP contribution in [0.4, 0.5) is 0 Å². The zero-order valence-electron chi connectivity index (χ0n) is 9.89. The zero-order valence-corrected chi connectivity index (χ0v) is 9.89. The maximum absolute atomic E-state index is 11.5. The first-order valence-electron chi connectivity index (χ1n) is 6.00. The van der Waals surface area contributed by atoms with Gasteiger partial charge in [0.1, 0.15) is 0 Å². The molecule has 1 aliphatic rings. The highest BCUT2D eigenvalue weighted by Crippen LogP contribution is 2.23. The van der Waals surface area contributed by atoms with E-state index in [4.69, 9.17) is 11.5 Å². The number of carbonyl (C=O) groups excluding carboxylic acids is 2. The van der Waals surface area contributed by atoms with Crippen molar-refractivity contribution in [2.75, 3.05) is 6.54 Å². The molecule has 0 aromatic carbocycles. The molecular weight excluding hydrogens is 222 g/mol. The monoisotopic (exact) mass is 243 g/mol. The van der Waals surface area contributed by atoms with Gasteiger partial charge >= 0.3 is 0 Å². The summed E-state index contributed by atoms with van der Waals surface area (Å²) in [6.45, 7) is 0.409. The fourth-order valence-electron chi connectivity index (χ4n) is 2.10. The molecule has 6 nitrogen and oxygen atoms in total. The third-order valence-electron chi connectivity index (χ3n) is 3.17. The number of aliphatic hydroxyl groups excluding tert-OH is 1. The van der Waals surface area contributed by atoms with Gasteiger partial charge in [0, 0.05) is 12.5 Å². The van der Waals surface area contributed by atoms with Crippen molar-refractivity contribution in [3.05, 3.63) is 0 Å². The van der Waals surface area contributed by atoms with Crippen LogP contribution in [0.3, 0.4) is 0 Å². The van der Waals surface area contributed by atoms with Crippen LogP contribution in [0.15, 0.2) is 0 Å². The normalized spacial score (nSPS) is 26.2. The summed E-state index contributed by atoms with van der Waals surface area (Å²) >= 11 is 0. The van der Waals surface area contributed by atoms with Gasteiger partial charge in [0.2, 0.25) is 11.8 Å². The van der Waals surface area contributed by atoms with Crippen molar-refractivity contribution < 1.29 is 14.7 Å². The Balaban J connectivity index is 2.29. The van der Waals surface area contributed by atoms with Crippen molar-refractivity contribution >= 4 is 11.8 Å². The standard InChI is InChI=1S/C11H21N3O3/c12-8(5-10(13)16)11(17)14-6-7-3-1-2-4-9(7)15/h7-9,15H,1-6,12H2,(H2,13,16)(H,14,17). The lowest BCUT2D eigenvalue weighted by Crippen LogP contribution is -2.46. The molecular formula is C11H21N3O3. The zero-order chi connectivity index (χ0) is 12.8. The second-order valence-corrected chi connectivity index (χ2v) is 4.63. The van der Waals surface area contributed by atoms with Crippen LogP contribution in [0.2, 0.25) is 0 Å². The molecule has 6 heteroatoms. The Bertz CT molecular complexity index is 283. The molecule has 0 aromatic heterocycles. The first-order valence-corrected chi connectivity index (χ1v) is 6.00. The fourth-order valence-corrected chi connectivity index (χ4v) is 2.10. The number of nitrogens with one attached hydrogen (secondary N) is 1. The van der Waals surface area contributed by atoms with Crippen molar-refractivity contribution in [3.8, 4) is 0 Å². The lowest BCUT2D eigenvalue weighted by atomic mass is 9.86. The molecule has 0 spiro atoms. The van der Waals surface area contributed by atoms with Gasteiger partial charge in [-0.1, -0.05) is 12.8 Å². The summed E-state index contributed by atoms with van der Waals surface area (Å²) in [7, 11) is 0. The van der Waals surface area contributed by atoms with E-state index in [1.807, 2.05) is 0 Å². The lowest BCUT2D eigenvalue weighted by Gasteiger charge is -2.27. The smallest absolute Gasteiger partial charge is 0.237 e. The quantitative estimate of drug-likeness (QED) is 0.488. The predicted molar refractivity (Wildman–Crippen MR) is 62.8 cm³/mol. The number of nitrogens with two attached hydrogens (primary N) is 2. The molecule has 3 unspecified atom stereocenters. The van der Waals surface area contributed by atoms with Crippen molar-refractivity contribution in [1.82, 2.24) is 5.32 Å². The predicted octanol–water partition coefficient (Wildman–Crippen LogP) is -1.14. The Hall–Kier alpha value is -1.14. The second-order valence-electron chi connectivity index (χ2n) is 4.63. The van der Waals surface area contributed by atoms with Gasteiger partial charge in [-0.15, -0.1) is 0 Å². The number of aliphatic hydroxyl groups is 1. The van der Waals surface area contributed by atoms with Crippen LogP contribution in [0, 0.1) is 5.92 Å². The van der Waals surface area contributed by atoms with Crippen LogP contribution in [-0.4, -0.2) is 35.6 Å². The molecule has 0 aliphatic heterocycles. The summed E-state index contributed by atoms with van der Waals surface area (Å²) in [5, 5.41) is 12.4. The van der Waals surface area contributed by atoms with Gasteiger partial charge in [0.15, 0.2) is 0 Å². The fraction of sp³-hybridized carbons (Fsp3) is 0.818. The molecule has 0 heterocycles. The average molecular weight is 243 g/mol. The van der Waals surface area contributed by atoms with Gasteiger partial charge in [-0.3, -0.25) is 9.59 Å². The van der Waals surface area contributed by atoms with E-state index < -0.39 is 11.9 Å².